The van der Waals surface area contributed by atoms with E-state index in [9.17, 15) is 9.59 Å². The van der Waals surface area contributed by atoms with Crippen molar-refractivity contribution in [2.75, 3.05) is 39.3 Å². The minimum atomic E-state index is -0.534. The molecule has 2 aliphatic heterocycles. The van der Waals surface area contributed by atoms with Crippen LogP contribution in [0.1, 0.15) is 25.0 Å². The highest BCUT2D eigenvalue weighted by Gasteiger charge is 2.34. The Bertz CT molecular complexity index is 700. The maximum atomic E-state index is 12.7. The molecule has 0 aliphatic carbocycles. The van der Waals surface area contributed by atoms with Gasteiger partial charge >= 0.3 is 0 Å². The Labute approximate surface area is 174 Å². The predicted octanol–water partition coefficient (Wildman–Crippen LogP) is 2.02. The van der Waals surface area contributed by atoms with Gasteiger partial charge in [0.15, 0.2) is 6.10 Å². The monoisotopic (exact) mass is 409 g/mol. The lowest BCUT2D eigenvalue weighted by Crippen LogP contribution is -2.56. The number of ether oxygens (including phenoxy) is 1. The number of hydrogen-bond donors (Lipinski definition) is 1. The molecule has 6 nitrogen and oxygen atoms in total. The number of nitrogens with zero attached hydrogens (tertiary/aromatic N) is 2. The molecule has 2 fully saturated rings. The maximum Gasteiger partial charge on any atom is 0.263 e. The fourth-order valence-corrected chi connectivity index (χ4v) is 3.73. The van der Waals surface area contributed by atoms with Crippen LogP contribution in [0.3, 0.4) is 0 Å². The number of rotatable bonds is 5. The third-order valence-electron chi connectivity index (χ3n) is 5.79. The lowest BCUT2D eigenvalue weighted by molar-refractivity contribution is -0.146. The second-order valence-electron chi connectivity index (χ2n) is 7.89. The SMILES string of the molecule is Cc1ccc(OC(C)C(=O)N2CCN(C(=O)C(C)C3CNC3)CC2)c(C)c1.Cl. The lowest BCUT2D eigenvalue weighted by atomic mass is 9.88. The molecular formula is C21H32ClN3O3. The van der Waals surface area contributed by atoms with E-state index in [1.54, 1.807) is 6.92 Å². The van der Waals surface area contributed by atoms with Crippen LogP contribution in [-0.2, 0) is 9.59 Å². The molecule has 1 N–H and O–H groups in total. The molecule has 2 unspecified atom stereocenters. The van der Waals surface area contributed by atoms with E-state index in [1.807, 2.05) is 42.7 Å². The van der Waals surface area contributed by atoms with Crippen molar-refractivity contribution in [1.82, 2.24) is 15.1 Å². The van der Waals surface area contributed by atoms with Crippen molar-refractivity contribution in [1.29, 1.82) is 0 Å². The van der Waals surface area contributed by atoms with Gasteiger partial charge in [-0.05, 0) is 51.4 Å². The van der Waals surface area contributed by atoms with E-state index < -0.39 is 6.10 Å². The Balaban J connectivity index is 0.00000280. The molecule has 2 amide bonds. The number of carbonyl (C=O) groups excluding carboxylic acids is 2. The molecule has 2 heterocycles. The van der Waals surface area contributed by atoms with E-state index in [0.29, 0.717) is 32.1 Å². The number of aryl methyl sites for hydroxylation is 2. The van der Waals surface area contributed by atoms with E-state index in [1.165, 1.54) is 5.56 Å². The summed E-state index contributed by atoms with van der Waals surface area (Å²) >= 11 is 0. The van der Waals surface area contributed by atoms with Crippen molar-refractivity contribution < 1.29 is 14.3 Å². The summed E-state index contributed by atoms with van der Waals surface area (Å²) in [6, 6.07) is 5.96. The van der Waals surface area contributed by atoms with E-state index >= 15 is 0 Å². The first-order valence-corrected chi connectivity index (χ1v) is 9.89. The molecular weight excluding hydrogens is 378 g/mol. The second kappa shape index (κ2) is 9.61. The molecule has 0 spiro atoms. The summed E-state index contributed by atoms with van der Waals surface area (Å²) < 4.78 is 5.90. The molecule has 7 heteroatoms. The molecule has 0 aromatic heterocycles. The minimum absolute atomic E-state index is 0. The molecule has 156 valence electrons. The first-order chi connectivity index (χ1) is 12.9. The van der Waals surface area contributed by atoms with Crippen LogP contribution in [0.25, 0.3) is 0 Å². The fourth-order valence-electron chi connectivity index (χ4n) is 3.73. The van der Waals surface area contributed by atoms with Crippen LogP contribution < -0.4 is 10.1 Å². The van der Waals surface area contributed by atoms with Gasteiger partial charge in [0.25, 0.3) is 5.91 Å². The van der Waals surface area contributed by atoms with Crippen LogP contribution in [0.4, 0.5) is 0 Å². The van der Waals surface area contributed by atoms with E-state index in [-0.39, 0.29) is 30.1 Å². The summed E-state index contributed by atoms with van der Waals surface area (Å²) in [5.74, 6) is 1.45. The van der Waals surface area contributed by atoms with Crippen LogP contribution >= 0.6 is 12.4 Å². The van der Waals surface area contributed by atoms with Crippen molar-refractivity contribution in [3.05, 3.63) is 29.3 Å². The molecule has 0 bridgehead atoms. The van der Waals surface area contributed by atoms with Crippen LogP contribution in [0.5, 0.6) is 5.75 Å². The number of benzene rings is 1. The number of halogens is 1. The summed E-state index contributed by atoms with van der Waals surface area (Å²) in [7, 11) is 0. The molecule has 0 saturated carbocycles. The largest absolute Gasteiger partial charge is 0.481 e. The van der Waals surface area contributed by atoms with Crippen LogP contribution in [-0.4, -0.2) is 67.0 Å². The highest BCUT2D eigenvalue weighted by Crippen LogP contribution is 2.22. The van der Waals surface area contributed by atoms with Crippen molar-refractivity contribution in [3.63, 3.8) is 0 Å². The summed E-state index contributed by atoms with van der Waals surface area (Å²) in [6.45, 7) is 12.0. The number of piperazine rings is 1. The highest BCUT2D eigenvalue weighted by molar-refractivity contribution is 5.85. The van der Waals surface area contributed by atoms with Gasteiger partial charge in [-0.25, -0.2) is 0 Å². The zero-order valence-corrected chi connectivity index (χ0v) is 18.1. The Kier molecular flexibility index (Phi) is 7.72. The average molecular weight is 410 g/mol. The second-order valence-corrected chi connectivity index (χ2v) is 7.89. The van der Waals surface area contributed by atoms with Gasteiger partial charge in [0, 0.05) is 32.1 Å². The van der Waals surface area contributed by atoms with Crippen molar-refractivity contribution in [2.24, 2.45) is 11.8 Å². The maximum absolute atomic E-state index is 12.7. The number of hydrogen-bond acceptors (Lipinski definition) is 4. The predicted molar refractivity (Wildman–Crippen MR) is 112 cm³/mol. The Morgan fingerprint density at radius 1 is 1.04 bits per heavy atom. The normalized spacial score (nSPS) is 19.3. The standard InChI is InChI=1S/C21H31N3O3.ClH/c1-14-5-6-19(15(2)11-14)27-17(4)21(26)24-9-7-23(8-10-24)20(25)16(3)18-12-22-13-18;/h5-6,11,16-18,22H,7-10,12-13H2,1-4H3;1H. The zero-order chi connectivity index (χ0) is 19.6. The smallest absolute Gasteiger partial charge is 0.263 e. The topological polar surface area (TPSA) is 61.9 Å². The van der Waals surface area contributed by atoms with Gasteiger partial charge < -0.3 is 19.9 Å². The van der Waals surface area contributed by atoms with Gasteiger partial charge in [-0.2, -0.15) is 0 Å². The molecule has 2 saturated heterocycles. The molecule has 2 aliphatic rings. The Morgan fingerprint density at radius 2 is 1.61 bits per heavy atom. The summed E-state index contributed by atoms with van der Waals surface area (Å²) in [5.41, 5.74) is 2.20. The first-order valence-electron chi connectivity index (χ1n) is 9.89. The van der Waals surface area contributed by atoms with Gasteiger partial charge in [0.1, 0.15) is 5.75 Å². The highest BCUT2D eigenvalue weighted by atomic mass is 35.5. The summed E-state index contributed by atoms with van der Waals surface area (Å²) in [5, 5.41) is 3.22. The van der Waals surface area contributed by atoms with E-state index in [4.69, 9.17) is 4.74 Å². The lowest BCUT2D eigenvalue weighted by Gasteiger charge is -2.39. The van der Waals surface area contributed by atoms with Crippen LogP contribution in [0, 0.1) is 25.7 Å². The molecule has 1 aromatic carbocycles. The van der Waals surface area contributed by atoms with Crippen molar-refractivity contribution in [2.45, 2.75) is 33.8 Å². The first kappa shape index (κ1) is 22.5. The molecule has 28 heavy (non-hydrogen) atoms. The molecule has 1 aromatic rings. The van der Waals surface area contributed by atoms with Crippen LogP contribution in [0.15, 0.2) is 18.2 Å². The van der Waals surface area contributed by atoms with Crippen molar-refractivity contribution >= 4 is 24.2 Å². The average Bonchev–Trinajstić information content (AvgIpc) is 2.61. The van der Waals surface area contributed by atoms with E-state index in [2.05, 4.69) is 11.4 Å². The van der Waals surface area contributed by atoms with Gasteiger partial charge in [0.05, 0.1) is 0 Å². The number of nitrogens with one attached hydrogen (secondary N) is 1. The van der Waals surface area contributed by atoms with Gasteiger partial charge in [-0.3, -0.25) is 9.59 Å². The Morgan fingerprint density at radius 3 is 2.11 bits per heavy atom. The zero-order valence-electron chi connectivity index (χ0n) is 17.2. The molecule has 3 rings (SSSR count). The quantitative estimate of drug-likeness (QED) is 0.808. The van der Waals surface area contributed by atoms with Gasteiger partial charge in [-0.1, -0.05) is 24.6 Å². The third-order valence-corrected chi connectivity index (χ3v) is 5.79. The van der Waals surface area contributed by atoms with Crippen LogP contribution in [0.2, 0.25) is 0 Å². The van der Waals surface area contributed by atoms with Gasteiger partial charge in [0.2, 0.25) is 5.91 Å². The van der Waals surface area contributed by atoms with Gasteiger partial charge in [-0.15, -0.1) is 12.4 Å². The number of amides is 2. The molecule has 2 atom stereocenters. The Hall–Kier alpha value is -1.79. The summed E-state index contributed by atoms with van der Waals surface area (Å²) in [6.07, 6.45) is -0.534. The summed E-state index contributed by atoms with van der Waals surface area (Å²) in [4.78, 5) is 29.1. The third kappa shape index (κ3) is 4.97. The minimum Gasteiger partial charge on any atom is -0.481 e. The molecule has 0 radical (unpaired) electrons. The number of carbonyl (C=O) groups is 2. The van der Waals surface area contributed by atoms with E-state index in [0.717, 1.165) is 24.4 Å². The fraction of sp³-hybridized carbons (Fsp3) is 0.619. The van der Waals surface area contributed by atoms with Crippen molar-refractivity contribution in [3.8, 4) is 5.75 Å².